The van der Waals surface area contributed by atoms with Gasteiger partial charge in [-0.3, -0.25) is 0 Å². The number of hydrogen-bond donors (Lipinski definition) is 4. The average molecular weight is 273 g/mol. The largest absolute Gasteiger partial charge is 0.478 e. The number of nitrogens with two attached hydrogens (primary N) is 1. The summed E-state index contributed by atoms with van der Waals surface area (Å²) in [6.45, 7) is 0.496. The lowest BCUT2D eigenvalue weighted by atomic mass is 10.1. The van der Waals surface area contributed by atoms with Crippen molar-refractivity contribution in [3.63, 3.8) is 0 Å². The van der Waals surface area contributed by atoms with Crippen LogP contribution < -0.4 is 15.8 Å². The van der Waals surface area contributed by atoms with Crippen molar-refractivity contribution in [2.24, 2.45) is 0 Å². The molecule has 0 unspecified atom stereocenters. The van der Waals surface area contributed by atoms with Crippen LogP contribution >= 0.6 is 0 Å². The summed E-state index contributed by atoms with van der Waals surface area (Å²) in [4.78, 5) is 10.8. The maximum atomic E-state index is 10.8. The van der Waals surface area contributed by atoms with Crippen molar-refractivity contribution < 1.29 is 18.3 Å². The van der Waals surface area contributed by atoms with Gasteiger partial charge in [0.1, 0.15) is 0 Å². The van der Waals surface area contributed by atoms with E-state index in [2.05, 4.69) is 10.0 Å². The lowest BCUT2D eigenvalue weighted by molar-refractivity contribution is 0.0698. The van der Waals surface area contributed by atoms with Crippen LogP contribution in [0.25, 0.3) is 0 Å². The molecule has 0 radical (unpaired) electrons. The Morgan fingerprint density at radius 3 is 2.61 bits per heavy atom. The maximum Gasteiger partial charge on any atom is 0.337 e. The number of carboxylic acid groups (broad SMARTS) is 1. The average Bonchev–Trinajstić information content (AvgIpc) is 2.24. The SMILES string of the molecule is CS(=O)(=O)NCCNc1cccc(C(=O)O)c1N. The highest BCUT2D eigenvalue weighted by Gasteiger charge is 2.10. The molecule has 0 bridgehead atoms. The Labute approximate surface area is 105 Å². The summed E-state index contributed by atoms with van der Waals surface area (Å²) in [6, 6.07) is 4.59. The zero-order chi connectivity index (χ0) is 13.8. The molecule has 18 heavy (non-hydrogen) atoms. The van der Waals surface area contributed by atoms with E-state index in [9.17, 15) is 13.2 Å². The van der Waals surface area contributed by atoms with E-state index in [1.807, 2.05) is 0 Å². The van der Waals surface area contributed by atoms with Gasteiger partial charge in [0, 0.05) is 13.1 Å². The van der Waals surface area contributed by atoms with E-state index in [-0.39, 0.29) is 17.8 Å². The van der Waals surface area contributed by atoms with Gasteiger partial charge in [-0.15, -0.1) is 0 Å². The smallest absolute Gasteiger partial charge is 0.337 e. The zero-order valence-electron chi connectivity index (χ0n) is 9.80. The number of aromatic carboxylic acids is 1. The molecule has 0 atom stereocenters. The first-order chi connectivity index (χ1) is 8.31. The van der Waals surface area contributed by atoms with E-state index in [1.54, 1.807) is 12.1 Å². The van der Waals surface area contributed by atoms with E-state index in [4.69, 9.17) is 10.8 Å². The van der Waals surface area contributed by atoms with Crippen molar-refractivity contribution in [2.45, 2.75) is 0 Å². The van der Waals surface area contributed by atoms with E-state index in [1.165, 1.54) is 6.07 Å². The first-order valence-corrected chi connectivity index (χ1v) is 7.00. The van der Waals surface area contributed by atoms with Crippen LogP contribution in [0.1, 0.15) is 10.4 Å². The third kappa shape index (κ3) is 4.22. The van der Waals surface area contributed by atoms with Crippen LogP contribution in [0.15, 0.2) is 18.2 Å². The molecule has 1 rings (SSSR count). The predicted molar refractivity (Wildman–Crippen MR) is 69.1 cm³/mol. The first kappa shape index (κ1) is 14.3. The zero-order valence-corrected chi connectivity index (χ0v) is 10.6. The van der Waals surface area contributed by atoms with Gasteiger partial charge in [0.15, 0.2) is 0 Å². The Bertz CT molecular complexity index is 542. The van der Waals surface area contributed by atoms with Gasteiger partial charge in [-0.2, -0.15) is 0 Å². The molecule has 0 amide bonds. The lowest BCUT2D eigenvalue weighted by Gasteiger charge is -2.11. The van der Waals surface area contributed by atoms with Crippen LogP contribution in [-0.4, -0.2) is 38.8 Å². The predicted octanol–water partition coefficient (Wildman–Crippen LogP) is -0.0719. The molecule has 0 aliphatic heterocycles. The molecule has 0 saturated carbocycles. The van der Waals surface area contributed by atoms with Gasteiger partial charge < -0.3 is 16.2 Å². The Morgan fingerprint density at radius 2 is 2.06 bits per heavy atom. The van der Waals surface area contributed by atoms with Gasteiger partial charge in [0.25, 0.3) is 0 Å². The normalized spacial score (nSPS) is 11.2. The number of anilines is 2. The summed E-state index contributed by atoms with van der Waals surface area (Å²) in [5.41, 5.74) is 6.27. The van der Waals surface area contributed by atoms with Crippen molar-refractivity contribution >= 4 is 27.4 Å². The Balaban J connectivity index is 2.63. The van der Waals surface area contributed by atoms with Gasteiger partial charge in [0.05, 0.1) is 23.2 Å². The van der Waals surface area contributed by atoms with Gasteiger partial charge in [-0.1, -0.05) is 6.07 Å². The first-order valence-electron chi connectivity index (χ1n) is 5.11. The molecule has 5 N–H and O–H groups in total. The Hall–Kier alpha value is -1.80. The standard InChI is InChI=1S/C10H15N3O4S/c1-18(16,17)13-6-5-12-8-4-2-3-7(9(8)11)10(14)15/h2-4,12-13H,5-6,11H2,1H3,(H,14,15). The molecule has 0 aliphatic carbocycles. The minimum Gasteiger partial charge on any atom is -0.478 e. The van der Waals surface area contributed by atoms with Crippen LogP contribution in [0.3, 0.4) is 0 Å². The van der Waals surface area contributed by atoms with E-state index in [0.29, 0.717) is 12.2 Å². The van der Waals surface area contributed by atoms with E-state index >= 15 is 0 Å². The number of benzene rings is 1. The number of para-hydroxylation sites is 1. The fraction of sp³-hybridized carbons (Fsp3) is 0.300. The van der Waals surface area contributed by atoms with Crippen molar-refractivity contribution in [2.75, 3.05) is 30.4 Å². The molecule has 7 nitrogen and oxygen atoms in total. The molecule has 100 valence electrons. The van der Waals surface area contributed by atoms with Gasteiger partial charge in [-0.25, -0.2) is 17.9 Å². The minimum absolute atomic E-state index is 0.0103. The monoisotopic (exact) mass is 273 g/mol. The number of nitrogens with one attached hydrogen (secondary N) is 2. The molecule has 0 saturated heterocycles. The third-order valence-corrected chi connectivity index (χ3v) is 2.87. The number of rotatable bonds is 6. The minimum atomic E-state index is -3.23. The number of carboxylic acids is 1. The lowest BCUT2D eigenvalue weighted by Crippen LogP contribution is -2.27. The molecule has 1 aromatic rings. The molecule has 0 spiro atoms. The van der Waals surface area contributed by atoms with Crippen LogP contribution in [0.4, 0.5) is 11.4 Å². The third-order valence-electron chi connectivity index (χ3n) is 2.14. The van der Waals surface area contributed by atoms with Gasteiger partial charge >= 0.3 is 5.97 Å². The molecular weight excluding hydrogens is 258 g/mol. The number of hydrogen-bond acceptors (Lipinski definition) is 5. The Morgan fingerprint density at radius 1 is 1.39 bits per heavy atom. The highest BCUT2D eigenvalue weighted by atomic mass is 32.2. The van der Waals surface area contributed by atoms with Crippen LogP contribution in [0, 0.1) is 0 Å². The van der Waals surface area contributed by atoms with Crippen LogP contribution in [0.5, 0.6) is 0 Å². The van der Waals surface area contributed by atoms with Crippen molar-refractivity contribution in [3.8, 4) is 0 Å². The van der Waals surface area contributed by atoms with Crippen LogP contribution in [-0.2, 0) is 10.0 Å². The van der Waals surface area contributed by atoms with Crippen molar-refractivity contribution in [3.05, 3.63) is 23.8 Å². The fourth-order valence-corrected chi connectivity index (χ4v) is 1.81. The summed E-state index contributed by atoms with van der Waals surface area (Å²) in [5.74, 6) is -1.11. The molecule has 0 fully saturated rings. The van der Waals surface area contributed by atoms with Gasteiger partial charge in [0.2, 0.25) is 10.0 Å². The fourth-order valence-electron chi connectivity index (χ4n) is 1.34. The highest BCUT2D eigenvalue weighted by Crippen LogP contribution is 2.22. The van der Waals surface area contributed by atoms with E-state index < -0.39 is 16.0 Å². The molecule has 0 heterocycles. The van der Waals surface area contributed by atoms with Crippen molar-refractivity contribution in [1.29, 1.82) is 0 Å². The Kier molecular flexibility index (Phi) is 4.51. The summed E-state index contributed by atoms with van der Waals surface area (Å²) < 4.78 is 23.9. The summed E-state index contributed by atoms with van der Waals surface area (Å²) in [7, 11) is -3.23. The van der Waals surface area contributed by atoms with Crippen molar-refractivity contribution in [1.82, 2.24) is 4.72 Å². The van der Waals surface area contributed by atoms with Crippen LogP contribution in [0.2, 0.25) is 0 Å². The molecule has 8 heteroatoms. The van der Waals surface area contributed by atoms with E-state index in [0.717, 1.165) is 6.26 Å². The molecule has 1 aromatic carbocycles. The molecular formula is C10H15N3O4S. The molecule has 0 aromatic heterocycles. The summed E-state index contributed by atoms with van der Waals surface area (Å²) >= 11 is 0. The second kappa shape index (κ2) is 5.69. The number of carbonyl (C=O) groups is 1. The quantitative estimate of drug-likeness (QED) is 0.425. The number of nitrogen functional groups attached to an aromatic ring is 1. The highest BCUT2D eigenvalue weighted by molar-refractivity contribution is 7.88. The number of sulfonamides is 1. The topological polar surface area (TPSA) is 122 Å². The second-order valence-corrected chi connectivity index (χ2v) is 5.50. The van der Waals surface area contributed by atoms with Gasteiger partial charge in [-0.05, 0) is 12.1 Å². The summed E-state index contributed by atoms with van der Waals surface area (Å²) in [5, 5.41) is 11.7. The maximum absolute atomic E-state index is 10.8. The summed E-state index contributed by atoms with van der Waals surface area (Å²) in [6.07, 6.45) is 1.06. The second-order valence-electron chi connectivity index (χ2n) is 3.67. The molecule has 0 aliphatic rings.